The number of esters is 1. The third-order valence-corrected chi connectivity index (χ3v) is 6.28. The van der Waals surface area contributed by atoms with Gasteiger partial charge in [-0.25, -0.2) is 9.97 Å². The molecule has 2 aromatic heterocycles. The van der Waals surface area contributed by atoms with Gasteiger partial charge in [0.25, 0.3) is 0 Å². The predicted octanol–water partition coefficient (Wildman–Crippen LogP) is 4.38. The molecule has 1 aliphatic carbocycles. The summed E-state index contributed by atoms with van der Waals surface area (Å²) < 4.78 is 5.69. The Morgan fingerprint density at radius 3 is 2.80 bits per heavy atom. The molecule has 0 saturated heterocycles. The summed E-state index contributed by atoms with van der Waals surface area (Å²) in [6.45, 7) is 0.965. The molecule has 0 N–H and O–H groups in total. The molecule has 5 nitrogen and oxygen atoms in total. The molecule has 134 valence electrons. The van der Waals surface area contributed by atoms with Gasteiger partial charge in [0.2, 0.25) is 0 Å². The van der Waals surface area contributed by atoms with Crippen LogP contribution in [0.3, 0.4) is 0 Å². The van der Waals surface area contributed by atoms with E-state index in [4.69, 9.17) is 4.74 Å². The number of hydrogen-bond acceptors (Lipinski definition) is 6. The Morgan fingerprint density at radius 2 is 2.12 bits per heavy atom. The van der Waals surface area contributed by atoms with Gasteiger partial charge < -0.3 is 9.64 Å². The van der Waals surface area contributed by atoms with Crippen molar-refractivity contribution in [1.82, 2.24) is 9.97 Å². The van der Waals surface area contributed by atoms with Gasteiger partial charge in [-0.05, 0) is 59.7 Å². The van der Waals surface area contributed by atoms with Crippen molar-refractivity contribution in [1.29, 1.82) is 0 Å². The van der Waals surface area contributed by atoms with Crippen molar-refractivity contribution in [2.45, 2.75) is 25.7 Å². The molecule has 0 radical (unpaired) electrons. The lowest BCUT2D eigenvalue weighted by Gasteiger charge is -2.30. The molecular weight excluding hydrogens is 402 g/mol. The SMILES string of the molecule is COC(=O)[C@H]1CC[C@H](CN(C)c2ncc(-c3cccc(Br)n3)s2)CC1. The fraction of sp³-hybridized carbons (Fsp3) is 0.500. The van der Waals surface area contributed by atoms with Crippen LogP contribution in [0.4, 0.5) is 5.13 Å². The van der Waals surface area contributed by atoms with Gasteiger partial charge in [-0.1, -0.05) is 17.4 Å². The topological polar surface area (TPSA) is 55.3 Å². The molecule has 0 aliphatic heterocycles. The Balaban J connectivity index is 1.58. The maximum absolute atomic E-state index is 11.6. The van der Waals surface area contributed by atoms with E-state index in [2.05, 4.69) is 37.8 Å². The Hall–Kier alpha value is -1.47. The van der Waals surface area contributed by atoms with Crippen LogP contribution in [0.15, 0.2) is 29.0 Å². The fourth-order valence-electron chi connectivity index (χ4n) is 3.32. The summed E-state index contributed by atoms with van der Waals surface area (Å²) >= 11 is 5.07. The van der Waals surface area contributed by atoms with Crippen LogP contribution in [0.1, 0.15) is 25.7 Å². The number of ether oxygens (including phenoxy) is 1. The van der Waals surface area contributed by atoms with Gasteiger partial charge in [0.05, 0.1) is 23.6 Å². The number of methoxy groups -OCH3 is 1. The van der Waals surface area contributed by atoms with Crippen LogP contribution in [0, 0.1) is 11.8 Å². The zero-order valence-corrected chi connectivity index (χ0v) is 16.8. The van der Waals surface area contributed by atoms with Crippen molar-refractivity contribution < 1.29 is 9.53 Å². The van der Waals surface area contributed by atoms with Crippen LogP contribution < -0.4 is 4.90 Å². The van der Waals surface area contributed by atoms with Crippen molar-refractivity contribution in [2.75, 3.05) is 25.6 Å². The Morgan fingerprint density at radius 1 is 1.36 bits per heavy atom. The van der Waals surface area contributed by atoms with E-state index in [1.54, 1.807) is 11.3 Å². The number of rotatable bonds is 5. The number of aromatic nitrogens is 2. The molecule has 3 rings (SSSR count). The number of thiazole rings is 1. The molecule has 0 atom stereocenters. The first-order valence-corrected chi connectivity index (χ1v) is 10.1. The molecule has 1 aliphatic rings. The van der Waals surface area contributed by atoms with E-state index in [0.29, 0.717) is 5.92 Å². The first-order chi connectivity index (χ1) is 12.1. The lowest BCUT2D eigenvalue weighted by molar-refractivity contribution is -0.146. The largest absolute Gasteiger partial charge is 0.469 e. The summed E-state index contributed by atoms with van der Waals surface area (Å²) in [4.78, 5) is 24.0. The molecule has 0 aromatic carbocycles. The highest BCUT2D eigenvalue weighted by molar-refractivity contribution is 9.10. The van der Waals surface area contributed by atoms with Gasteiger partial charge in [0, 0.05) is 19.8 Å². The normalized spacial score (nSPS) is 20.3. The molecule has 0 unspecified atom stereocenters. The van der Waals surface area contributed by atoms with E-state index in [-0.39, 0.29) is 11.9 Å². The molecule has 0 spiro atoms. The maximum atomic E-state index is 11.6. The molecule has 25 heavy (non-hydrogen) atoms. The highest BCUT2D eigenvalue weighted by atomic mass is 79.9. The van der Waals surface area contributed by atoms with Crippen LogP contribution in [-0.4, -0.2) is 36.6 Å². The standard InChI is InChI=1S/C18H22BrN3O2S/c1-22(11-12-6-8-13(9-7-12)17(23)24-2)18-20-10-15(25-18)14-4-3-5-16(19)21-14/h3-5,10,12-13H,6-9,11H2,1-2H3/t12-,13-. The number of carbonyl (C=O) groups is 1. The Bertz CT molecular complexity index is 729. The summed E-state index contributed by atoms with van der Waals surface area (Å²) in [6.07, 6.45) is 5.87. The zero-order valence-electron chi connectivity index (χ0n) is 14.4. The minimum absolute atomic E-state index is 0.0575. The number of halogens is 1. The van der Waals surface area contributed by atoms with Crippen molar-refractivity contribution in [3.05, 3.63) is 29.0 Å². The number of carbonyl (C=O) groups excluding carboxylic acids is 1. The minimum Gasteiger partial charge on any atom is -0.469 e. The molecule has 2 heterocycles. The molecule has 0 bridgehead atoms. The van der Waals surface area contributed by atoms with Crippen molar-refractivity contribution >= 4 is 38.4 Å². The fourth-order valence-corrected chi connectivity index (χ4v) is 4.52. The third-order valence-electron chi connectivity index (χ3n) is 4.70. The van der Waals surface area contributed by atoms with E-state index in [1.807, 2.05) is 24.4 Å². The molecule has 1 fully saturated rings. The second-order valence-electron chi connectivity index (χ2n) is 6.47. The number of pyridine rings is 1. The number of nitrogens with zero attached hydrogens (tertiary/aromatic N) is 3. The minimum atomic E-state index is -0.0575. The predicted molar refractivity (Wildman–Crippen MR) is 104 cm³/mol. The smallest absolute Gasteiger partial charge is 0.308 e. The average Bonchev–Trinajstić information content (AvgIpc) is 3.12. The first kappa shape index (κ1) is 18.3. The van der Waals surface area contributed by atoms with Crippen LogP contribution in [0.25, 0.3) is 10.6 Å². The molecule has 0 amide bonds. The monoisotopic (exact) mass is 423 g/mol. The molecule has 1 saturated carbocycles. The summed E-state index contributed by atoms with van der Waals surface area (Å²) in [5, 5.41) is 1.01. The highest BCUT2D eigenvalue weighted by Gasteiger charge is 2.27. The zero-order chi connectivity index (χ0) is 17.8. The van der Waals surface area contributed by atoms with Crippen LogP contribution in [0.5, 0.6) is 0 Å². The van der Waals surface area contributed by atoms with E-state index in [0.717, 1.165) is 52.5 Å². The van der Waals surface area contributed by atoms with Gasteiger partial charge in [0.1, 0.15) is 4.60 Å². The molecule has 7 heteroatoms. The van der Waals surface area contributed by atoms with E-state index in [1.165, 1.54) is 7.11 Å². The highest BCUT2D eigenvalue weighted by Crippen LogP contribution is 2.33. The van der Waals surface area contributed by atoms with E-state index >= 15 is 0 Å². The van der Waals surface area contributed by atoms with E-state index < -0.39 is 0 Å². The van der Waals surface area contributed by atoms with Gasteiger partial charge in [-0.3, -0.25) is 4.79 Å². The molecular formula is C18H22BrN3O2S. The second kappa shape index (κ2) is 8.27. The average molecular weight is 424 g/mol. The number of hydrogen-bond donors (Lipinski definition) is 0. The van der Waals surface area contributed by atoms with Crippen LogP contribution >= 0.6 is 27.3 Å². The Labute approximate surface area is 160 Å². The van der Waals surface area contributed by atoms with Crippen LogP contribution in [0.2, 0.25) is 0 Å². The van der Waals surface area contributed by atoms with Gasteiger partial charge in [-0.2, -0.15) is 0 Å². The quantitative estimate of drug-likeness (QED) is 0.527. The van der Waals surface area contributed by atoms with Crippen molar-refractivity contribution in [2.24, 2.45) is 11.8 Å². The third kappa shape index (κ3) is 4.58. The first-order valence-electron chi connectivity index (χ1n) is 8.44. The lowest BCUT2D eigenvalue weighted by atomic mass is 9.82. The summed E-state index contributed by atoms with van der Waals surface area (Å²) in [6, 6.07) is 5.90. The lowest BCUT2D eigenvalue weighted by Crippen LogP contribution is -2.30. The van der Waals surface area contributed by atoms with Crippen molar-refractivity contribution in [3.8, 4) is 10.6 Å². The summed E-state index contributed by atoms with van der Waals surface area (Å²) in [5.41, 5.74) is 0.935. The summed E-state index contributed by atoms with van der Waals surface area (Å²) in [5.74, 6) is 0.626. The summed E-state index contributed by atoms with van der Waals surface area (Å²) in [7, 11) is 3.56. The maximum Gasteiger partial charge on any atom is 0.308 e. The van der Waals surface area contributed by atoms with Gasteiger partial charge in [-0.15, -0.1) is 0 Å². The van der Waals surface area contributed by atoms with Crippen LogP contribution in [-0.2, 0) is 9.53 Å². The van der Waals surface area contributed by atoms with Crippen molar-refractivity contribution in [3.63, 3.8) is 0 Å². The van der Waals surface area contributed by atoms with Gasteiger partial charge in [0.15, 0.2) is 5.13 Å². The Kier molecular flexibility index (Phi) is 6.06. The molecule has 2 aromatic rings. The number of anilines is 1. The second-order valence-corrected chi connectivity index (χ2v) is 8.30. The van der Waals surface area contributed by atoms with Gasteiger partial charge >= 0.3 is 5.97 Å². The van der Waals surface area contributed by atoms with E-state index in [9.17, 15) is 4.79 Å².